The molecule has 2 nitrogen and oxygen atoms in total. The van der Waals surface area contributed by atoms with Crippen LogP contribution in [0.2, 0.25) is 0 Å². The molecule has 0 aliphatic heterocycles. The molecule has 1 aromatic carbocycles. The summed E-state index contributed by atoms with van der Waals surface area (Å²) in [6.07, 6.45) is 5.62. The van der Waals surface area contributed by atoms with Gasteiger partial charge in [0.1, 0.15) is 0 Å². The first kappa shape index (κ1) is 14.9. The number of nitrogens with zero attached hydrogens (tertiary/aromatic N) is 1. The molecule has 1 aromatic heterocycles. The minimum atomic E-state index is 0.425. The second-order valence-electron chi connectivity index (χ2n) is 5.66. The Bertz CT molecular complexity index is 534. The summed E-state index contributed by atoms with van der Waals surface area (Å²) in [6, 6.07) is 9.16. The monoisotopic (exact) mass is 270 g/mol. The Balaban J connectivity index is 2.10. The van der Waals surface area contributed by atoms with Crippen LogP contribution in [0, 0.1) is 13.8 Å². The van der Waals surface area contributed by atoms with Gasteiger partial charge in [-0.15, -0.1) is 0 Å². The summed E-state index contributed by atoms with van der Waals surface area (Å²) >= 11 is 0. The van der Waals surface area contributed by atoms with Crippen molar-refractivity contribution in [3.05, 3.63) is 58.9 Å². The van der Waals surface area contributed by atoms with Gasteiger partial charge in [-0.1, -0.05) is 25.1 Å². The molecule has 0 fully saturated rings. The van der Waals surface area contributed by atoms with Crippen LogP contribution in [0.4, 0.5) is 0 Å². The average Bonchev–Trinajstić information content (AvgIpc) is 2.89. The topological polar surface area (TPSA) is 17.0 Å². The zero-order valence-electron chi connectivity index (χ0n) is 13.1. The van der Waals surface area contributed by atoms with E-state index in [1.807, 2.05) is 0 Å². The van der Waals surface area contributed by atoms with E-state index in [0.717, 1.165) is 13.1 Å². The van der Waals surface area contributed by atoms with Crippen molar-refractivity contribution < 1.29 is 0 Å². The van der Waals surface area contributed by atoms with Crippen molar-refractivity contribution in [3.63, 3.8) is 0 Å². The van der Waals surface area contributed by atoms with E-state index in [0.29, 0.717) is 6.04 Å². The highest BCUT2D eigenvalue weighted by Crippen LogP contribution is 2.18. The summed E-state index contributed by atoms with van der Waals surface area (Å²) in [5, 5.41) is 3.54. The fourth-order valence-electron chi connectivity index (χ4n) is 2.57. The highest BCUT2D eigenvalue weighted by Gasteiger charge is 2.07. The highest BCUT2D eigenvalue weighted by atomic mass is 15.0. The lowest BCUT2D eigenvalue weighted by Crippen LogP contribution is -2.18. The Kier molecular flexibility index (Phi) is 5.02. The van der Waals surface area contributed by atoms with Crippen molar-refractivity contribution in [2.24, 2.45) is 0 Å². The average molecular weight is 270 g/mol. The van der Waals surface area contributed by atoms with Gasteiger partial charge in [0, 0.05) is 25.0 Å². The van der Waals surface area contributed by atoms with Crippen molar-refractivity contribution in [3.8, 4) is 0 Å². The fraction of sp³-hybridized carbons (Fsp3) is 0.444. The van der Waals surface area contributed by atoms with Crippen molar-refractivity contribution in [1.29, 1.82) is 0 Å². The third-order valence-electron chi connectivity index (χ3n) is 3.96. The Morgan fingerprint density at radius 2 is 1.85 bits per heavy atom. The van der Waals surface area contributed by atoms with Crippen LogP contribution in [0.1, 0.15) is 48.6 Å². The molecular weight excluding hydrogens is 244 g/mol. The maximum Gasteiger partial charge on any atom is 0.0475 e. The first-order chi connectivity index (χ1) is 9.61. The SMILES string of the molecule is CCCNC(C)c1ccn(Cc2c(C)cccc2C)c1. The second-order valence-corrected chi connectivity index (χ2v) is 5.66. The van der Waals surface area contributed by atoms with E-state index in [1.165, 1.54) is 28.7 Å². The van der Waals surface area contributed by atoms with Gasteiger partial charge in [-0.2, -0.15) is 0 Å². The lowest BCUT2D eigenvalue weighted by molar-refractivity contribution is 0.569. The predicted molar refractivity (Wildman–Crippen MR) is 86.2 cm³/mol. The lowest BCUT2D eigenvalue weighted by atomic mass is 10.0. The van der Waals surface area contributed by atoms with Gasteiger partial charge in [-0.3, -0.25) is 0 Å². The van der Waals surface area contributed by atoms with E-state index in [1.54, 1.807) is 0 Å². The standard InChI is InChI=1S/C18H26N2/c1-5-10-19-16(4)17-9-11-20(12-17)13-18-14(2)7-6-8-15(18)3/h6-9,11-12,16,19H,5,10,13H2,1-4H3. The molecule has 1 atom stereocenters. The molecule has 2 heteroatoms. The molecule has 0 spiro atoms. The van der Waals surface area contributed by atoms with Gasteiger partial charge >= 0.3 is 0 Å². The van der Waals surface area contributed by atoms with Crippen LogP contribution in [0.3, 0.4) is 0 Å². The zero-order valence-corrected chi connectivity index (χ0v) is 13.1. The molecule has 20 heavy (non-hydrogen) atoms. The zero-order chi connectivity index (χ0) is 14.5. The molecular formula is C18H26N2. The van der Waals surface area contributed by atoms with Crippen LogP contribution in [0.25, 0.3) is 0 Å². The Morgan fingerprint density at radius 3 is 2.50 bits per heavy atom. The van der Waals surface area contributed by atoms with Crippen molar-refractivity contribution in [2.75, 3.05) is 6.54 Å². The highest BCUT2D eigenvalue weighted by molar-refractivity contribution is 5.34. The number of hydrogen-bond acceptors (Lipinski definition) is 1. The van der Waals surface area contributed by atoms with Crippen LogP contribution in [0.15, 0.2) is 36.7 Å². The summed E-state index contributed by atoms with van der Waals surface area (Å²) in [4.78, 5) is 0. The molecule has 0 bridgehead atoms. The fourth-order valence-corrected chi connectivity index (χ4v) is 2.57. The Morgan fingerprint density at radius 1 is 1.15 bits per heavy atom. The summed E-state index contributed by atoms with van der Waals surface area (Å²) in [6.45, 7) is 10.8. The molecule has 0 radical (unpaired) electrons. The van der Waals surface area contributed by atoms with E-state index in [-0.39, 0.29) is 0 Å². The molecule has 0 amide bonds. The Labute approximate surface area is 122 Å². The number of benzene rings is 1. The summed E-state index contributed by atoms with van der Waals surface area (Å²) in [5.74, 6) is 0. The van der Waals surface area contributed by atoms with E-state index in [4.69, 9.17) is 0 Å². The summed E-state index contributed by atoms with van der Waals surface area (Å²) < 4.78 is 2.29. The van der Waals surface area contributed by atoms with E-state index < -0.39 is 0 Å². The molecule has 0 saturated carbocycles. The predicted octanol–water partition coefficient (Wildman–Crippen LogP) is 4.21. The Hall–Kier alpha value is -1.54. The number of aryl methyl sites for hydroxylation is 2. The van der Waals surface area contributed by atoms with Gasteiger partial charge in [-0.05, 0) is 62.1 Å². The first-order valence-electron chi connectivity index (χ1n) is 7.56. The van der Waals surface area contributed by atoms with Crippen molar-refractivity contribution in [1.82, 2.24) is 9.88 Å². The van der Waals surface area contributed by atoms with Gasteiger partial charge in [0.2, 0.25) is 0 Å². The maximum atomic E-state index is 3.54. The molecule has 0 saturated heterocycles. The summed E-state index contributed by atoms with van der Waals surface area (Å²) in [5.41, 5.74) is 5.54. The molecule has 1 N–H and O–H groups in total. The first-order valence-corrected chi connectivity index (χ1v) is 7.56. The van der Waals surface area contributed by atoms with E-state index >= 15 is 0 Å². The van der Waals surface area contributed by atoms with Crippen LogP contribution >= 0.6 is 0 Å². The number of aromatic nitrogens is 1. The largest absolute Gasteiger partial charge is 0.350 e. The van der Waals surface area contributed by atoms with Crippen LogP contribution < -0.4 is 5.32 Å². The smallest absolute Gasteiger partial charge is 0.0475 e. The molecule has 2 aromatic rings. The molecule has 0 aliphatic rings. The lowest BCUT2D eigenvalue weighted by Gasteiger charge is -2.12. The number of rotatable bonds is 6. The quantitative estimate of drug-likeness (QED) is 0.832. The normalized spacial score (nSPS) is 12.6. The molecule has 108 valence electrons. The van der Waals surface area contributed by atoms with E-state index in [2.05, 4.69) is 74.2 Å². The van der Waals surface area contributed by atoms with Gasteiger partial charge in [-0.25, -0.2) is 0 Å². The number of hydrogen-bond donors (Lipinski definition) is 1. The van der Waals surface area contributed by atoms with Crippen molar-refractivity contribution in [2.45, 2.75) is 46.7 Å². The number of nitrogens with one attached hydrogen (secondary N) is 1. The van der Waals surface area contributed by atoms with Crippen LogP contribution in [0.5, 0.6) is 0 Å². The maximum absolute atomic E-state index is 3.54. The minimum Gasteiger partial charge on any atom is -0.350 e. The molecule has 0 aliphatic carbocycles. The van der Waals surface area contributed by atoms with Gasteiger partial charge in [0.15, 0.2) is 0 Å². The third-order valence-corrected chi connectivity index (χ3v) is 3.96. The second kappa shape index (κ2) is 6.76. The van der Waals surface area contributed by atoms with Crippen LogP contribution in [-0.4, -0.2) is 11.1 Å². The van der Waals surface area contributed by atoms with Crippen molar-refractivity contribution >= 4 is 0 Å². The van der Waals surface area contributed by atoms with Crippen LogP contribution in [-0.2, 0) is 6.54 Å². The molecule has 1 unspecified atom stereocenters. The molecule has 1 heterocycles. The van der Waals surface area contributed by atoms with Gasteiger partial charge in [0.05, 0.1) is 0 Å². The molecule has 2 rings (SSSR count). The minimum absolute atomic E-state index is 0.425. The van der Waals surface area contributed by atoms with E-state index in [9.17, 15) is 0 Å². The summed E-state index contributed by atoms with van der Waals surface area (Å²) in [7, 11) is 0. The third kappa shape index (κ3) is 3.51. The van der Waals surface area contributed by atoms with Gasteiger partial charge < -0.3 is 9.88 Å². The van der Waals surface area contributed by atoms with Gasteiger partial charge in [0.25, 0.3) is 0 Å².